The van der Waals surface area contributed by atoms with E-state index in [1.54, 1.807) is 0 Å². The van der Waals surface area contributed by atoms with Crippen molar-refractivity contribution in [1.82, 2.24) is 5.32 Å². The molecule has 0 heterocycles. The molecule has 0 fully saturated rings. The molecular formula is C19H20F6N2O2. The Morgan fingerprint density at radius 3 is 2.14 bits per heavy atom. The summed E-state index contributed by atoms with van der Waals surface area (Å²) in [5.41, 5.74) is 4.50. The summed E-state index contributed by atoms with van der Waals surface area (Å²) in [5.74, 6) is -0.0422. The Bertz CT molecular complexity index is 795. The Kier molecular flexibility index (Phi) is 7.50. The van der Waals surface area contributed by atoms with Crippen molar-refractivity contribution >= 4 is 0 Å². The van der Waals surface area contributed by atoms with E-state index < -0.39 is 35.6 Å². The van der Waals surface area contributed by atoms with E-state index >= 15 is 0 Å². The third kappa shape index (κ3) is 7.22. The summed E-state index contributed by atoms with van der Waals surface area (Å²) in [7, 11) is 0. The second kappa shape index (κ2) is 9.47. The predicted octanol–water partition coefficient (Wildman–Crippen LogP) is 3.58. The summed E-state index contributed by atoms with van der Waals surface area (Å²) in [6.07, 6.45) is -10.1. The Hall–Kier alpha value is -2.30. The van der Waals surface area contributed by atoms with Gasteiger partial charge in [-0.2, -0.15) is 26.3 Å². The van der Waals surface area contributed by atoms with Crippen LogP contribution in [0.1, 0.15) is 16.7 Å². The van der Waals surface area contributed by atoms with Gasteiger partial charge in [0.2, 0.25) is 0 Å². The van der Waals surface area contributed by atoms with E-state index in [-0.39, 0.29) is 25.4 Å². The maximum atomic E-state index is 12.7. The van der Waals surface area contributed by atoms with Crippen LogP contribution in [-0.4, -0.2) is 30.4 Å². The summed E-state index contributed by atoms with van der Waals surface area (Å²) in [6.45, 7) is -0.209. The molecule has 0 saturated carbocycles. The molecule has 2 rings (SSSR count). The van der Waals surface area contributed by atoms with Crippen LogP contribution in [0.15, 0.2) is 48.5 Å². The van der Waals surface area contributed by atoms with Gasteiger partial charge in [0.15, 0.2) is 0 Å². The highest BCUT2D eigenvalue weighted by Crippen LogP contribution is 2.31. The second-order valence-corrected chi connectivity index (χ2v) is 6.40. The van der Waals surface area contributed by atoms with E-state index in [1.165, 1.54) is 24.3 Å². The molecule has 4 nitrogen and oxygen atoms in total. The fourth-order valence-electron chi connectivity index (χ4n) is 2.44. The maximum absolute atomic E-state index is 12.7. The molecule has 0 spiro atoms. The van der Waals surface area contributed by atoms with Gasteiger partial charge in [0.1, 0.15) is 12.4 Å². The first-order chi connectivity index (χ1) is 13.5. The minimum absolute atomic E-state index is 0.0383. The number of hydrogen-bond donors (Lipinski definition) is 3. The molecule has 4 N–H and O–H groups in total. The number of aliphatic hydroxyl groups excluding tert-OH is 1. The zero-order valence-electron chi connectivity index (χ0n) is 15.1. The molecule has 0 aliphatic heterocycles. The Morgan fingerprint density at radius 2 is 1.52 bits per heavy atom. The van der Waals surface area contributed by atoms with Crippen LogP contribution in [-0.2, 0) is 18.9 Å². The third-order valence-electron chi connectivity index (χ3n) is 4.03. The monoisotopic (exact) mass is 422 g/mol. The minimum atomic E-state index is -4.51. The zero-order chi connectivity index (χ0) is 21.7. The van der Waals surface area contributed by atoms with Crippen LogP contribution in [0.3, 0.4) is 0 Å². The molecule has 0 amide bonds. The van der Waals surface area contributed by atoms with E-state index in [2.05, 4.69) is 5.32 Å². The molecule has 0 radical (unpaired) electrons. The van der Waals surface area contributed by atoms with E-state index in [0.717, 1.165) is 24.3 Å². The SMILES string of the molecule is N[C@@H](COc1cccc(C(F)(F)F)c1)[C@H](O)CNCc1cccc(C(F)(F)F)c1. The average Bonchev–Trinajstić information content (AvgIpc) is 2.65. The van der Waals surface area contributed by atoms with Crippen molar-refractivity contribution < 1.29 is 36.2 Å². The van der Waals surface area contributed by atoms with Crippen molar-refractivity contribution in [2.75, 3.05) is 13.2 Å². The number of hydrogen-bond acceptors (Lipinski definition) is 4. The predicted molar refractivity (Wildman–Crippen MR) is 94.1 cm³/mol. The Balaban J connectivity index is 1.80. The number of benzene rings is 2. The summed E-state index contributed by atoms with van der Waals surface area (Å²) in [6, 6.07) is 8.07. The van der Waals surface area contributed by atoms with E-state index in [4.69, 9.17) is 10.5 Å². The molecule has 0 bridgehead atoms. The van der Waals surface area contributed by atoms with Gasteiger partial charge in [0, 0.05) is 13.1 Å². The molecule has 29 heavy (non-hydrogen) atoms. The normalized spacial score (nSPS) is 14.5. The average molecular weight is 422 g/mol. The lowest BCUT2D eigenvalue weighted by molar-refractivity contribution is -0.138. The number of rotatable bonds is 8. The van der Waals surface area contributed by atoms with Crippen LogP contribution in [0, 0.1) is 0 Å². The van der Waals surface area contributed by atoms with Gasteiger partial charge in [-0.1, -0.05) is 24.3 Å². The van der Waals surface area contributed by atoms with Gasteiger partial charge >= 0.3 is 12.4 Å². The first-order valence-corrected chi connectivity index (χ1v) is 8.57. The summed E-state index contributed by atoms with van der Waals surface area (Å²) in [5, 5.41) is 12.8. The van der Waals surface area contributed by atoms with Crippen LogP contribution in [0.2, 0.25) is 0 Å². The van der Waals surface area contributed by atoms with Gasteiger partial charge in [0.25, 0.3) is 0 Å². The highest BCUT2D eigenvalue weighted by atomic mass is 19.4. The highest BCUT2D eigenvalue weighted by Gasteiger charge is 2.31. The molecule has 0 aromatic heterocycles. The summed E-state index contributed by atoms with van der Waals surface area (Å²) < 4.78 is 81.3. The van der Waals surface area contributed by atoms with Gasteiger partial charge in [0.05, 0.1) is 23.3 Å². The number of aliphatic hydroxyl groups is 1. The van der Waals surface area contributed by atoms with Gasteiger partial charge in [-0.15, -0.1) is 0 Å². The van der Waals surface area contributed by atoms with E-state index in [0.29, 0.717) is 5.56 Å². The lowest BCUT2D eigenvalue weighted by Gasteiger charge is -2.20. The molecule has 160 valence electrons. The van der Waals surface area contributed by atoms with Crippen LogP contribution in [0.5, 0.6) is 5.75 Å². The summed E-state index contributed by atoms with van der Waals surface area (Å²) in [4.78, 5) is 0. The molecule has 2 atom stereocenters. The maximum Gasteiger partial charge on any atom is 0.416 e. The number of alkyl halides is 6. The van der Waals surface area contributed by atoms with Crippen molar-refractivity contribution in [3.63, 3.8) is 0 Å². The van der Waals surface area contributed by atoms with Gasteiger partial charge in [-0.25, -0.2) is 0 Å². The van der Waals surface area contributed by atoms with E-state index in [1.807, 2.05) is 0 Å². The van der Waals surface area contributed by atoms with Crippen LogP contribution in [0.25, 0.3) is 0 Å². The Labute approximate surface area is 163 Å². The largest absolute Gasteiger partial charge is 0.492 e. The van der Waals surface area contributed by atoms with Crippen molar-refractivity contribution in [3.05, 3.63) is 65.2 Å². The molecule has 0 aliphatic rings. The molecular weight excluding hydrogens is 402 g/mol. The molecule has 2 aromatic rings. The Morgan fingerprint density at radius 1 is 0.931 bits per heavy atom. The quantitative estimate of drug-likeness (QED) is 0.569. The topological polar surface area (TPSA) is 67.5 Å². The molecule has 0 aliphatic carbocycles. The van der Waals surface area contributed by atoms with Crippen molar-refractivity contribution in [2.24, 2.45) is 5.73 Å². The lowest BCUT2D eigenvalue weighted by atomic mass is 10.1. The highest BCUT2D eigenvalue weighted by molar-refractivity contribution is 5.30. The molecule has 2 aromatic carbocycles. The van der Waals surface area contributed by atoms with Gasteiger partial charge in [-0.3, -0.25) is 0 Å². The first-order valence-electron chi connectivity index (χ1n) is 8.57. The number of nitrogens with one attached hydrogen (secondary N) is 1. The molecule has 0 unspecified atom stereocenters. The fraction of sp³-hybridized carbons (Fsp3) is 0.368. The third-order valence-corrected chi connectivity index (χ3v) is 4.03. The van der Waals surface area contributed by atoms with Crippen LogP contribution < -0.4 is 15.8 Å². The standard InChI is InChI=1S/C19H20F6N2O2/c20-18(21,22)13-4-1-3-12(7-13)9-27-10-17(28)16(26)11-29-15-6-2-5-14(8-15)19(23,24)25/h1-8,16-17,27-28H,9-11,26H2/t16-,17+/m0/s1. The molecule has 10 heteroatoms. The van der Waals surface area contributed by atoms with Crippen molar-refractivity contribution in [2.45, 2.75) is 31.0 Å². The zero-order valence-corrected chi connectivity index (χ0v) is 15.1. The molecule has 0 saturated heterocycles. The number of nitrogens with two attached hydrogens (primary N) is 1. The van der Waals surface area contributed by atoms with Gasteiger partial charge in [-0.05, 0) is 29.8 Å². The van der Waals surface area contributed by atoms with Crippen molar-refractivity contribution in [1.29, 1.82) is 0 Å². The van der Waals surface area contributed by atoms with Gasteiger partial charge < -0.3 is 20.9 Å². The number of halogens is 6. The first kappa shape index (κ1) is 23.0. The number of ether oxygens (including phenoxy) is 1. The van der Waals surface area contributed by atoms with Crippen LogP contribution >= 0.6 is 0 Å². The van der Waals surface area contributed by atoms with Crippen LogP contribution in [0.4, 0.5) is 26.3 Å². The fourth-order valence-corrected chi connectivity index (χ4v) is 2.44. The van der Waals surface area contributed by atoms with E-state index in [9.17, 15) is 31.4 Å². The smallest absolute Gasteiger partial charge is 0.416 e. The summed E-state index contributed by atoms with van der Waals surface area (Å²) >= 11 is 0. The lowest BCUT2D eigenvalue weighted by Crippen LogP contribution is -2.45. The second-order valence-electron chi connectivity index (χ2n) is 6.40. The van der Waals surface area contributed by atoms with Crippen molar-refractivity contribution in [3.8, 4) is 5.75 Å². The minimum Gasteiger partial charge on any atom is -0.492 e.